The van der Waals surface area contributed by atoms with E-state index in [1.807, 2.05) is 23.1 Å². The fourth-order valence-electron chi connectivity index (χ4n) is 2.86. The Labute approximate surface area is 118 Å². The molecule has 1 unspecified atom stereocenters. The summed E-state index contributed by atoms with van der Waals surface area (Å²) >= 11 is 0. The summed E-state index contributed by atoms with van der Waals surface area (Å²) in [6, 6.07) is 4.89. The van der Waals surface area contributed by atoms with E-state index in [1.54, 1.807) is 0 Å². The number of ether oxygens (including phenoxy) is 2. The molecule has 1 aromatic rings. The van der Waals surface area contributed by atoms with Crippen LogP contribution in [-0.4, -0.2) is 42.3 Å². The van der Waals surface area contributed by atoms with Crippen molar-refractivity contribution in [3.8, 4) is 11.5 Å². The second-order valence-corrected chi connectivity index (χ2v) is 5.24. The molecule has 1 aromatic carbocycles. The van der Waals surface area contributed by atoms with E-state index in [-0.39, 0.29) is 0 Å². The molecule has 0 radical (unpaired) electrons. The standard InChI is InChI=1S/C15H19NO4/c17-15(18)14(16-6-1-2-7-16)11-4-5-12-13(10-11)20-9-3-8-19-12/h4-5,10,14H,1-3,6-9H2,(H,17,18). The zero-order valence-electron chi connectivity index (χ0n) is 11.4. The number of aliphatic carboxylic acids is 1. The Morgan fingerprint density at radius 1 is 1.10 bits per heavy atom. The summed E-state index contributed by atoms with van der Waals surface area (Å²) in [4.78, 5) is 13.6. The van der Waals surface area contributed by atoms with Crippen molar-refractivity contribution in [2.75, 3.05) is 26.3 Å². The van der Waals surface area contributed by atoms with Gasteiger partial charge in [0.1, 0.15) is 6.04 Å². The third kappa shape index (κ3) is 2.58. The second kappa shape index (κ2) is 5.71. The van der Waals surface area contributed by atoms with Crippen LogP contribution in [0.4, 0.5) is 0 Å². The van der Waals surface area contributed by atoms with Crippen molar-refractivity contribution >= 4 is 5.97 Å². The second-order valence-electron chi connectivity index (χ2n) is 5.24. The minimum Gasteiger partial charge on any atom is -0.490 e. The number of benzene rings is 1. The van der Waals surface area contributed by atoms with E-state index in [0.717, 1.165) is 37.9 Å². The summed E-state index contributed by atoms with van der Waals surface area (Å²) < 4.78 is 11.2. The number of carboxylic acids is 1. The van der Waals surface area contributed by atoms with Gasteiger partial charge in [0.05, 0.1) is 13.2 Å². The van der Waals surface area contributed by atoms with Crippen LogP contribution in [0, 0.1) is 0 Å². The highest BCUT2D eigenvalue weighted by atomic mass is 16.5. The molecule has 1 atom stereocenters. The van der Waals surface area contributed by atoms with Crippen LogP contribution in [0.5, 0.6) is 11.5 Å². The molecule has 0 amide bonds. The van der Waals surface area contributed by atoms with Crippen LogP contribution in [0.3, 0.4) is 0 Å². The van der Waals surface area contributed by atoms with Crippen LogP contribution in [0.2, 0.25) is 0 Å². The number of carboxylic acid groups (broad SMARTS) is 1. The quantitative estimate of drug-likeness (QED) is 0.916. The molecular formula is C15H19NO4. The summed E-state index contributed by atoms with van der Waals surface area (Å²) in [7, 11) is 0. The molecule has 5 nitrogen and oxygen atoms in total. The van der Waals surface area contributed by atoms with Crippen molar-refractivity contribution in [3.05, 3.63) is 23.8 Å². The first kappa shape index (κ1) is 13.2. The maximum atomic E-state index is 11.6. The Morgan fingerprint density at radius 2 is 1.80 bits per heavy atom. The summed E-state index contributed by atoms with van der Waals surface area (Å²) in [5.74, 6) is 0.559. The molecule has 5 heteroatoms. The minimum atomic E-state index is -0.804. The lowest BCUT2D eigenvalue weighted by Crippen LogP contribution is -2.31. The largest absolute Gasteiger partial charge is 0.490 e. The number of hydrogen-bond donors (Lipinski definition) is 1. The third-order valence-electron chi connectivity index (χ3n) is 3.83. The van der Waals surface area contributed by atoms with Crippen molar-refractivity contribution in [1.29, 1.82) is 0 Å². The van der Waals surface area contributed by atoms with Gasteiger partial charge in [-0.05, 0) is 43.6 Å². The maximum Gasteiger partial charge on any atom is 0.325 e. The van der Waals surface area contributed by atoms with Gasteiger partial charge < -0.3 is 14.6 Å². The fourth-order valence-corrected chi connectivity index (χ4v) is 2.86. The van der Waals surface area contributed by atoms with Gasteiger partial charge in [0.2, 0.25) is 0 Å². The van der Waals surface area contributed by atoms with Gasteiger partial charge in [-0.25, -0.2) is 0 Å². The first-order valence-corrected chi connectivity index (χ1v) is 7.12. The Bertz CT molecular complexity index is 497. The molecule has 2 aliphatic heterocycles. The van der Waals surface area contributed by atoms with Gasteiger partial charge in [-0.15, -0.1) is 0 Å². The molecule has 108 valence electrons. The SMILES string of the molecule is O=C(O)C(c1ccc2c(c1)OCCCO2)N1CCCC1. The Balaban J connectivity index is 1.90. The van der Waals surface area contributed by atoms with E-state index in [2.05, 4.69) is 0 Å². The van der Waals surface area contributed by atoms with Gasteiger partial charge in [-0.3, -0.25) is 9.69 Å². The zero-order valence-corrected chi connectivity index (χ0v) is 11.4. The first-order chi connectivity index (χ1) is 9.75. The van der Waals surface area contributed by atoms with Crippen molar-refractivity contribution in [3.63, 3.8) is 0 Å². The highest BCUT2D eigenvalue weighted by molar-refractivity contribution is 5.76. The smallest absolute Gasteiger partial charge is 0.325 e. The number of rotatable bonds is 3. The van der Waals surface area contributed by atoms with Gasteiger partial charge in [0.15, 0.2) is 11.5 Å². The number of carbonyl (C=O) groups is 1. The Hall–Kier alpha value is -1.75. The van der Waals surface area contributed by atoms with Crippen molar-refractivity contribution in [2.24, 2.45) is 0 Å². The summed E-state index contributed by atoms with van der Waals surface area (Å²) in [5.41, 5.74) is 0.767. The molecule has 20 heavy (non-hydrogen) atoms. The fraction of sp³-hybridized carbons (Fsp3) is 0.533. The molecule has 2 aliphatic rings. The molecule has 3 rings (SSSR count). The molecule has 1 saturated heterocycles. The molecule has 0 bridgehead atoms. The number of hydrogen-bond acceptors (Lipinski definition) is 4. The number of likely N-dealkylation sites (tertiary alicyclic amines) is 1. The van der Waals surface area contributed by atoms with Crippen LogP contribution in [-0.2, 0) is 4.79 Å². The first-order valence-electron chi connectivity index (χ1n) is 7.12. The molecule has 0 aromatic heterocycles. The molecule has 1 N–H and O–H groups in total. The molecule has 0 saturated carbocycles. The monoisotopic (exact) mass is 277 g/mol. The topological polar surface area (TPSA) is 59.0 Å². The molecule has 0 spiro atoms. The van der Waals surface area contributed by atoms with E-state index >= 15 is 0 Å². The highest BCUT2D eigenvalue weighted by Crippen LogP contribution is 2.34. The van der Waals surface area contributed by atoms with Crippen LogP contribution in [0.1, 0.15) is 30.9 Å². The molecular weight excluding hydrogens is 258 g/mol. The van der Waals surface area contributed by atoms with E-state index in [0.29, 0.717) is 24.7 Å². The van der Waals surface area contributed by atoms with E-state index in [1.165, 1.54) is 0 Å². The van der Waals surface area contributed by atoms with Gasteiger partial charge >= 0.3 is 5.97 Å². The normalized spacial score (nSPS) is 20.4. The Kier molecular flexibility index (Phi) is 3.78. The van der Waals surface area contributed by atoms with Crippen LogP contribution >= 0.6 is 0 Å². The maximum absolute atomic E-state index is 11.6. The lowest BCUT2D eigenvalue weighted by molar-refractivity contribution is -0.143. The van der Waals surface area contributed by atoms with E-state index < -0.39 is 12.0 Å². The van der Waals surface area contributed by atoms with E-state index in [4.69, 9.17) is 9.47 Å². The van der Waals surface area contributed by atoms with E-state index in [9.17, 15) is 9.90 Å². The average Bonchev–Trinajstić information content (AvgIpc) is 2.83. The van der Waals surface area contributed by atoms with Crippen molar-refractivity contribution < 1.29 is 19.4 Å². The number of fused-ring (bicyclic) bond motifs is 1. The van der Waals surface area contributed by atoms with Crippen LogP contribution < -0.4 is 9.47 Å². The minimum absolute atomic E-state index is 0.588. The third-order valence-corrected chi connectivity index (χ3v) is 3.83. The predicted octanol–water partition coefficient (Wildman–Crippen LogP) is 2.07. The molecule has 0 aliphatic carbocycles. The lowest BCUT2D eigenvalue weighted by atomic mass is 10.0. The van der Waals surface area contributed by atoms with Gasteiger partial charge in [0, 0.05) is 6.42 Å². The van der Waals surface area contributed by atoms with Gasteiger partial charge in [0.25, 0.3) is 0 Å². The molecule has 2 heterocycles. The number of nitrogens with zero attached hydrogens (tertiary/aromatic N) is 1. The lowest BCUT2D eigenvalue weighted by Gasteiger charge is -2.24. The predicted molar refractivity (Wildman–Crippen MR) is 73.2 cm³/mol. The van der Waals surface area contributed by atoms with Crippen LogP contribution in [0.15, 0.2) is 18.2 Å². The van der Waals surface area contributed by atoms with Crippen LogP contribution in [0.25, 0.3) is 0 Å². The summed E-state index contributed by atoms with van der Waals surface area (Å²) in [6.07, 6.45) is 2.97. The summed E-state index contributed by atoms with van der Waals surface area (Å²) in [5, 5.41) is 9.53. The zero-order chi connectivity index (χ0) is 13.9. The van der Waals surface area contributed by atoms with Crippen molar-refractivity contribution in [1.82, 2.24) is 4.90 Å². The summed E-state index contributed by atoms with van der Waals surface area (Å²) in [6.45, 7) is 2.93. The molecule has 1 fully saturated rings. The van der Waals surface area contributed by atoms with Crippen molar-refractivity contribution in [2.45, 2.75) is 25.3 Å². The van der Waals surface area contributed by atoms with Gasteiger partial charge in [-0.2, -0.15) is 0 Å². The highest BCUT2D eigenvalue weighted by Gasteiger charge is 2.30. The van der Waals surface area contributed by atoms with Gasteiger partial charge in [-0.1, -0.05) is 6.07 Å². The Morgan fingerprint density at radius 3 is 2.50 bits per heavy atom. The average molecular weight is 277 g/mol.